The zero-order valence-corrected chi connectivity index (χ0v) is 19.4. The number of furan rings is 1. The number of ether oxygens (including phenoxy) is 1. The van der Waals surface area contributed by atoms with Crippen LogP contribution in [-0.4, -0.2) is 17.8 Å². The summed E-state index contributed by atoms with van der Waals surface area (Å²) in [6, 6.07) is 25.9. The van der Waals surface area contributed by atoms with E-state index >= 15 is 0 Å². The van der Waals surface area contributed by atoms with Crippen LogP contribution in [0.25, 0.3) is 0 Å². The number of nitrogens with zero attached hydrogens (tertiary/aromatic N) is 1. The fourth-order valence-electron chi connectivity index (χ4n) is 6.58. The van der Waals surface area contributed by atoms with Gasteiger partial charge in [0.25, 0.3) is 0 Å². The fourth-order valence-corrected chi connectivity index (χ4v) is 6.58. The van der Waals surface area contributed by atoms with Gasteiger partial charge in [-0.3, -0.25) is 9.59 Å². The zero-order chi connectivity index (χ0) is 24.6. The van der Waals surface area contributed by atoms with Crippen molar-refractivity contribution in [1.82, 2.24) is 0 Å². The average Bonchev–Trinajstić information content (AvgIpc) is 3.51. The molecule has 8 rings (SSSR count). The van der Waals surface area contributed by atoms with Crippen LogP contribution in [0, 0.1) is 11.3 Å². The van der Waals surface area contributed by atoms with E-state index in [2.05, 4.69) is 24.3 Å². The van der Waals surface area contributed by atoms with Crippen LogP contribution in [0.2, 0.25) is 0 Å². The normalized spacial score (nSPS) is 25.4. The average molecular weight is 476 g/mol. The summed E-state index contributed by atoms with van der Waals surface area (Å²) in [5.74, 6) is -1.49. The summed E-state index contributed by atoms with van der Waals surface area (Å²) in [7, 11) is 0. The van der Waals surface area contributed by atoms with E-state index in [1.54, 1.807) is 30.3 Å². The third kappa shape index (κ3) is 2.58. The highest BCUT2D eigenvalue weighted by Crippen LogP contribution is 2.67. The second-order valence-corrected chi connectivity index (χ2v) is 9.77. The van der Waals surface area contributed by atoms with Crippen molar-refractivity contribution in [2.45, 2.75) is 18.8 Å². The zero-order valence-electron chi connectivity index (χ0n) is 19.4. The smallest absolute Gasteiger partial charge is 0.379 e. The van der Waals surface area contributed by atoms with Crippen molar-refractivity contribution in [2.24, 2.45) is 11.3 Å². The van der Waals surface area contributed by atoms with Crippen molar-refractivity contribution in [3.05, 3.63) is 119 Å². The third-order valence-corrected chi connectivity index (χ3v) is 8.04. The van der Waals surface area contributed by atoms with Crippen molar-refractivity contribution in [3.8, 4) is 5.75 Å². The molecule has 6 nitrogen and oxygen atoms in total. The summed E-state index contributed by atoms with van der Waals surface area (Å²) in [5, 5.41) is 0. The van der Waals surface area contributed by atoms with Crippen LogP contribution >= 0.6 is 0 Å². The van der Waals surface area contributed by atoms with Crippen LogP contribution in [0.15, 0.2) is 95.6 Å². The topological polar surface area (TPSA) is 76.8 Å². The maximum absolute atomic E-state index is 14.1. The SMILES string of the molecule is C[C@]12C(=O)N(c3ccc(OC(=O)c4ccco4)cc3)C(=O)[C@@H]1C1c3ccccc3C2c2ccccc21. The monoisotopic (exact) mass is 475 g/mol. The maximum Gasteiger partial charge on any atom is 0.379 e. The van der Waals surface area contributed by atoms with E-state index in [1.165, 1.54) is 17.2 Å². The number of carbonyl (C=O) groups is 3. The van der Waals surface area contributed by atoms with Gasteiger partial charge in [-0.25, -0.2) is 9.69 Å². The van der Waals surface area contributed by atoms with Crippen LogP contribution < -0.4 is 9.64 Å². The number of esters is 1. The van der Waals surface area contributed by atoms with Crippen LogP contribution in [0.3, 0.4) is 0 Å². The van der Waals surface area contributed by atoms with Gasteiger partial charge in [-0.15, -0.1) is 0 Å². The molecule has 2 bridgehead atoms. The van der Waals surface area contributed by atoms with Gasteiger partial charge in [-0.2, -0.15) is 0 Å². The van der Waals surface area contributed by atoms with E-state index in [4.69, 9.17) is 9.15 Å². The lowest BCUT2D eigenvalue weighted by molar-refractivity contribution is -0.128. The van der Waals surface area contributed by atoms with E-state index in [1.807, 2.05) is 31.2 Å². The summed E-state index contributed by atoms with van der Waals surface area (Å²) in [5.41, 5.74) is 4.09. The van der Waals surface area contributed by atoms with Gasteiger partial charge >= 0.3 is 5.97 Å². The van der Waals surface area contributed by atoms with Gasteiger partial charge < -0.3 is 9.15 Å². The molecule has 0 spiro atoms. The molecule has 1 aromatic heterocycles. The predicted molar refractivity (Wildman–Crippen MR) is 131 cm³/mol. The first kappa shape index (κ1) is 20.9. The minimum atomic E-state index is -0.894. The summed E-state index contributed by atoms with van der Waals surface area (Å²) in [6.07, 6.45) is 1.40. The van der Waals surface area contributed by atoms with Crippen molar-refractivity contribution in [3.63, 3.8) is 0 Å². The summed E-state index contributed by atoms with van der Waals surface area (Å²) < 4.78 is 10.4. The maximum atomic E-state index is 14.1. The molecule has 3 aromatic carbocycles. The molecule has 1 saturated heterocycles. The summed E-state index contributed by atoms with van der Waals surface area (Å²) in [6.45, 7) is 1.95. The number of carbonyl (C=O) groups excluding carboxylic acids is 3. The van der Waals surface area contributed by atoms with Gasteiger partial charge in [0.15, 0.2) is 0 Å². The van der Waals surface area contributed by atoms with Crippen molar-refractivity contribution >= 4 is 23.5 Å². The Morgan fingerprint density at radius 2 is 1.44 bits per heavy atom. The quantitative estimate of drug-likeness (QED) is 0.229. The molecule has 4 aliphatic rings. The lowest BCUT2D eigenvalue weighted by Crippen LogP contribution is -2.49. The third-order valence-electron chi connectivity index (χ3n) is 8.04. The molecule has 0 N–H and O–H groups in total. The Morgan fingerprint density at radius 1 is 0.833 bits per heavy atom. The van der Waals surface area contributed by atoms with Crippen LogP contribution in [0.1, 0.15) is 51.6 Å². The van der Waals surface area contributed by atoms with Gasteiger partial charge in [-0.1, -0.05) is 48.5 Å². The first-order valence-electron chi connectivity index (χ1n) is 11.9. The van der Waals surface area contributed by atoms with Gasteiger partial charge in [0.1, 0.15) is 5.75 Å². The largest absolute Gasteiger partial charge is 0.457 e. The Morgan fingerprint density at radius 3 is 2.03 bits per heavy atom. The van der Waals surface area contributed by atoms with Crippen molar-refractivity contribution < 1.29 is 23.5 Å². The molecule has 4 aromatic rings. The van der Waals surface area contributed by atoms with Gasteiger partial charge in [0, 0.05) is 11.8 Å². The number of rotatable bonds is 3. The molecule has 2 heterocycles. The summed E-state index contributed by atoms with van der Waals surface area (Å²) in [4.78, 5) is 41.6. The van der Waals surface area contributed by atoms with Crippen LogP contribution in [0.4, 0.5) is 5.69 Å². The van der Waals surface area contributed by atoms with Crippen molar-refractivity contribution in [1.29, 1.82) is 0 Å². The Hall–Kier alpha value is -4.45. The van der Waals surface area contributed by atoms with Gasteiger partial charge in [0.2, 0.25) is 17.6 Å². The highest BCUT2D eigenvalue weighted by atomic mass is 16.5. The Balaban J connectivity index is 1.28. The number of hydrogen-bond acceptors (Lipinski definition) is 5. The number of anilines is 1. The lowest BCUT2D eigenvalue weighted by atomic mass is 9.48. The molecule has 176 valence electrons. The molecule has 2 amide bonds. The number of imide groups is 1. The lowest BCUT2D eigenvalue weighted by Gasteiger charge is -2.51. The standard InChI is InChI=1S/C30H21NO5/c1-30-25-21-9-4-2-7-19(21)24(20-8-3-5-10-22(20)25)26(30)27(32)31(29(30)34)17-12-14-18(15-13-17)36-28(33)23-11-6-16-35-23/h2-16,24-26H,1H3/t24?,25?,26-,30+/m0/s1. The molecule has 0 saturated carbocycles. The van der Waals surface area contributed by atoms with E-state index in [0.29, 0.717) is 11.4 Å². The molecule has 1 fully saturated rings. The molecular formula is C30H21NO5. The molecule has 0 unspecified atom stereocenters. The van der Waals surface area contributed by atoms with E-state index in [-0.39, 0.29) is 29.4 Å². The van der Waals surface area contributed by atoms with E-state index in [9.17, 15) is 14.4 Å². The Labute approximate surface area is 207 Å². The Kier molecular flexibility index (Phi) is 4.22. The van der Waals surface area contributed by atoms with E-state index < -0.39 is 17.3 Å². The second kappa shape index (κ2) is 7.28. The highest BCUT2D eigenvalue weighted by Gasteiger charge is 2.68. The van der Waals surface area contributed by atoms with Crippen LogP contribution in [-0.2, 0) is 9.59 Å². The predicted octanol–water partition coefficient (Wildman–Crippen LogP) is 5.29. The molecule has 0 radical (unpaired) electrons. The molecule has 2 atom stereocenters. The highest BCUT2D eigenvalue weighted by molar-refractivity contribution is 6.25. The number of hydrogen-bond donors (Lipinski definition) is 0. The summed E-state index contributed by atoms with van der Waals surface area (Å²) >= 11 is 0. The van der Waals surface area contributed by atoms with Gasteiger partial charge in [-0.05, 0) is 65.6 Å². The van der Waals surface area contributed by atoms with E-state index in [0.717, 1.165) is 22.3 Å². The minimum absolute atomic E-state index is 0.0931. The Bertz CT molecular complexity index is 1510. The van der Waals surface area contributed by atoms with Crippen molar-refractivity contribution in [2.75, 3.05) is 4.90 Å². The number of amides is 2. The molecular weight excluding hydrogens is 454 g/mol. The fraction of sp³-hybridized carbons (Fsp3) is 0.167. The number of benzene rings is 3. The molecule has 1 aliphatic heterocycles. The van der Waals surface area contributed by atoms with Gasteiger partial charge in [0.05, 0.1) is 23.3 Å². The minimum Gasteiger partial charge on any atom is -0.457 e. The molecule has 6 heteroatoms. The first-order chi connectivity index (χ1) is 17.5. The first-order valence-corrected chi connectivity index (χ1v) is 11.9. The molecule has 36 heavy (non-hydrogen) atoms. The molecule has 3 aliphatic carbocycles. The second-order valence-electron chi connectivity index (χ2n) is 9.77. The van der Waals surface area contributed by atoms with Crippen LogP contribution in [0.5, 0.6) is 5.75 Å².